The van der Waals surface area contributed by atoms with Crippen LogP contribution in [0, 0.1) is 0 Å². The Hall–Kier alpha value is -2.29. The minimum absolute atomic E-state index is 0.0471. The van der Waals surface area contributed by atoms with Crippen LogP contribution in [0.15, 0.2) is 48.5 Å². The van der Waals surface area contributed by atoms with E-state index in [1.165, 1.54) is 18.2 Å². The second-order valence-corrected chi connectivity index (χ2v) is 4.11. The highest BCUT2D eigenvalue weighted by molar-refractivity contribution is 5.96. The number of aryl methyl sites for hydroxylation is 1. The topological polar surface area (TPSA) is 57.5 Å². The first kappa shape index (κ1) is 12.2. The Kier molecular flexibility index (Phi) is 3.63. The molecule has 18 heavy (non-hydrogen) atoms. The van der Waals surface area contributed by atoms with E-state index in [0.29, 0.717) is 18.4 Å². The minimum Gasteiger partial charge on any atom is -0.504 e. The van der Waals surface area contributed by atoms with Gasteiger partial charge in [0.1, 0.15) is 0 Å². The van der Waals surface area contributed by atoms with Crippen molar-refractivity contribution in [1.29, 1.82) is 0 Å². The molecule has 2 rings (SSSR count). The summed E-state index contributed by atoms with van der Waals surface area (Å²) in [7, 11) is 0. The van der Waals surface area contributed by atoms with Crippen LogP contribution >= 0.6 is 0 Å². The predicted molar refractivity (Wildman–Crippen MR) is 68.9 cm³/mol. The van der Waals surface area contributed by atoms with Crippen molar-refractivity contribution < 1.29 is 15.0 Å². The van der Waals surface area contributed by atoms with Gasteiger partial charge in [0.25, 0.3) is 0 Å². The Labute approximate surface area is 105 Å². The van der Waals surface area contributed by atoms with Crippen LogP contribution in [0.4, 0.5) is 0 Å². The van der Waals surface area contributed by atoms with Crippen LogP contribution in [0.5, 0.6) is 11.5 Å². The number of Topliss-reactive ketones (excluding diaryl/α,β-unsaturated/α-hetero) is 1. The number of ketones is 1. The van der Waals surface area contributed by atoms with E-state index in [-0.39, 0.29) is 17.3 Å². The van der Waals surface area contributed by atoms with Gasteiger partial charge in [-0.1, -0.05) is 30.3 Å². The fraction of sp³-hybridized carbons (Fsp3) is 0.133. The van der Waals surface area contributed by atoms with Crippen molar-refractivity contribution >= 4 is 5.78 Å². The zero-order valence-corrected chi connectivity index (χ0v) is 9.84. The Morgan fingerprint density at radius 1 is 0.944 bits per heavy atom. The van der Waals surface area contributed by atoms with E-state index < -0.39 is 0 Å². The third kappa shape index (κ3) is 2.88. The van der Waals surface area contributed by atoms with Crippen LogP contribution in [0.3, 0.4) is 0 Å². The maximum Gasteiger partial charge on any atom is 0.163 e. The summed E-state index contributed by atoms with van der Waals surface area (Å²) >= 11 is 0. The highest BCUT2D eigenvalue weighted by Gasteiger charge is 2.08. The molecule has 2 N–H and O–H groups in total. The van der Waals surface area contributed by atoms with Gasteiger partial charge in [-0.25, -0.2) is 0 Å². The molecule has 2 aromatic rings. The summed E-state index contributed by atoms with van der Waals surface area (Å²) < 4.78 is 0. The van der Waals surface area contributed by atoms with Gasteiger partial charge in [0.15, 0.2) is 17.3 Å². The monoisotopic (exact) mass is 242 g/mol. The van der Waals surface area contributed by atoms with Crippen LogP contribution in [0.2, 0.25) is 0 Å². The number of benzene rings is 2. The molecule has 0 amide bonds. The van der Waals surface area contributed by atoms with Crippen molar-refractivity contribution in [3.8, 4) is 11.5 Å². The molecule has 0 spiro atoms. The maximum absolute atomic E-state index is 11.9. The van der Waals surface area contributed by atoms with Gasteiger partial charge in [-0.2, -0.15) is 0 Å². The zero-order chi connectivity index (χ0) is 13.0. The van der Waals surface area contributed by atoms with Gasteiger partial charge in [-0.3, -0.25) is 4.79 Å². The number of phenolic OH excluding ortho intramolecular Hbond substituents is 2. The van der Waals surface area contributed by atoms with Gasteiger partial charge in [0.05, 0.1) is 0 Å². The molecule has 0 saturated carbocycles. The molecule has 0 aliphatic heterocycles. The van der Waals surface area contributed by atoms with E-state index in [1.54, 1.807) is 0 Å². The van der Waals surface area contributed by atoms with E-state index in [9.17, 15) is 15.0 Å². The van der Waals surface area contributed by atoms with Gasteiger partial charge >= 0.3 is 0 Å². The van der Waals surface area contributed by atoms with Gasteiger partial charge in [0.2, 0.25) is 0 Å². The summed E-state index contributed by atoms with van der Waals surface area (Å²) in [6.45, 7) is 0. The molecule has 0 heterocycles. The van der Waals surface area contributed by atoms with E-state index in [2.05, 4.69) is 0 Å². The molecule has 0 radical (unpaired) electrons. The van der Waals surface area contributed by atoms with Crippen molar-refractivity contribution in [3.05, 3.63) is 59.7 Å². The van der Waals surface area contributed by atoms with Gasteiger partial charge in [-0.15, -0.1) is 0 Å². The first-order valence-corrected chi connectivity index (χ1v) is 5.76. The van der Waals surface area contributed by atoms with E-state index in [1.807, 2.05) is 30.3 Å². The lowest BCUT2D eigenvalue weighted by molar-refractivity contribution is 0.0982. The number of carbonyl (C=O) groups excluding carboxylic acids is 1. The van der Waals surface area contributed by atoms with Crippen LogP contribution in [0.25, 0.3) is 0 Å². The fourth-order valence-corrected chi connectivity index (χ4v) is 1.74. The molecular formula is C15H14O3. The summed E-state index contributed by atoms with van der Waals surface area (Å²) in [5.41, 5.74) is 1.52. The SMILES string of the molecule is O=C(CCc1ccccc1)c1ccc(O)c(O)c1. The number of phenols is 2. The molecule has 0 atom stereocenters. The maximum atomic E-state index is 11.9. The molecule has 0 aromatic heterocycles. The fourth-order valence-electron chi connectivity index (χ4n) is 1.74. The van der Waals surface area contributed by atoms with E-state index >= 15 is 0 Å². The summed E-state index contributed by atoms with van der Waals surface area (Å²) in [4.78, 5) is 11.9. The van der Waals surface area contributed by atoms with Crippen LogP contribution in [-0.2, 0) is 6.42 Å². The molecule has 3 heteroatoms. The lowest BCUT2D eigenvalue weighted by atomic mass is 10.0. The third-order valence-electron chi connectivity index (χ3n) is 2.78. The summed E-state index contributed by atoms with van der Waals surface area (Å²) in [5, 5.41) is 18.5. The Morgan fingerprint density at radius 3 is 2.33 bits per heavy atom. The average molecular weight is 242 g/mol. The van der Waals surface area contributed by atoms with Crippen molar-refractivity contribution in [3.63, 3.8) is 0 Å². The Bertz CT molecular complexity index is 547. The number of hydrogen-bond donors (Lipinski definition) is 2. The van der Waals surface area contributed by atoms with E-state index in [4.69, 9.17) is 0 Å². The summed E-state index contributed by atoms with van der Waals surface area (Å²) in [6, 6.07) is 13.9. The summed E-state index contributed by atoms with van der Waals surface area (Å²) in [5.74, 6) is -0.524. The number of rotatable bonds is 4. The highest BCUT2D eigenvalue weighted by Crippen LogP contribution is 2.25. The Balaban J connectivity index is 2.02. The lowest BCUT2D eigenvalue weighted by Gasteiger charge is -2.03. The molecule has 3 nitrogen and oxygen atoms in total. The van der Waals surface area contributed by atoms with Crippen LogP contribution in [-0.4, -0.2) is 16.0 Å². The minimum atomic E-state index is -0.263. The lowest BCUT2D eigenvalue weighted by Crippen LogP contribution is -2.00. The van der Waals surface area contributed by atoms with Crippen molar-refractivity contribution in [2.45, 2.75) is 12.8 Å². The smallest absolute Gasteiger partial charge is 0.163 e. The summed E-state index contributed by atoms with van der Waals surface area (Å²) in [6.07, 6.45) is 1.05. The first-order valence-electron chi connectivity index (χ1n) is 5.76. The molecule has 0 unspecified atom stereocenters. The van der Waals surface area contributed by atoms with Gasteiger partial charge < -0.3 is 10.2 Å². The average Bonchev–Trinajstić information content (AvgIpc) is 2.40. The molecule has 0 saturated heterocycles. The molecule has 0 aliphatic rings. The molecule has 2 aromatic carbocycles. The van der Waals surface area contributed by atoms with Crippen LogP contribution in [0.1, 0.15) is 22.3 Å². The second kappa shape index (κ2) is 5.36. The Morgan fingerprint density at radius 2 is 1.67 bits per heavy atom. The van der Waals surface area contributed by atoms with Gasteiger partial charge in [0, 0.05) is 12.0 Å². The molecule has 0 bridgehead atoms. The zero-order valence-electron chi connectivity index (χ0n) is 9.84. The molecule has 0 fully saturated rings. The quantitative estimate of drug-likeness (QED) is 0.640. The first-order chi connectivity index (χ1) is 8.66. The largest absolute Gasteiger partial charge is 0.504 e. The van der Waals surface area contributed by atoms with Crippen molar-refractivity contribution in [2.75, 3.05) is 0 Å². The predicted octanol–water partition coefficient (Wildman–Crippen LogP) is 2.91. The van der Waals surface area contributed by atoms with Crippen LogP contribution < -0.4 is 0 Å². The van der Waals surface area contributed by atoms with E-state index in [0.717, 1.165) is 5.56 Å². The normalized spacial score (nSPS) is 10.2. The highest BCUT2D eigenvalue weighted by atomic mass is 16.3. The second-order valence-electron chi connectivity index (χ2n) is 4.11. The third-order valence-corrected chi connectivity index (χ3v) is 2.78. The molecular weight excluding hydrogens is 228 g/mol. The van der Waals surface area contributed by atoms with Crippen molar-refractivity contribution in [1.82, 2.24) is 0 Å². The molecule has 92 valence electrons. The van der Waals surface area contributed by atoms with Gasteiger partial charge in [-0.05, 0) is 30.2 Å². The molecule has 0 aliphatic carbocycles. The number of hydrogen-bond acceptors (Lipinski definition) is 3. The number of carbonyl (C=O) groups is 1. The standard InChI is InChI=1S/C15H14O3/c16-13(8-6-11-4-2-1-3-5-11)12-7-9-14(17)15(18)10-12/h1-5,7,9-10,17-18H,6,8H2. The van der Waals surface area contributed by atoms with Crippen molar-refractivity contribution in [2.24, 2.45) is 0 Å². The number of aromatic hydroxyl groups is 2.